The number of likely N-dealkylation sites (tertiary alicyclic amines) is 1. The molecule has 5 aliphatic rings. The van der Waals surface area contributed by atoms with Crippen molar-refractivity contribution in [1.82, 2.24) is 20.9 Å². The molecule has 2 aromatic carbocycles. The molecule has 4 bridgehead atoms. The van der Waals surface area contributed by atoms with Crippen LogP contribution in [0.5, 0.6) is 17.2 Å². The molecule has 42 heavy (non-hydrogen) atoms. The SMILES string of the molecule is O=C1COc2cc(OCC3CC3)cc(c2)C(=O)N[C@H]2CN(CC(=O)NC3CCCCC3)C[C@@H]2Oc2ccc(cc2)CN1. The van der Waals surface area contributed by atoms with Crippen molar-refractivity contribution >= 4 is 17.7 Å². The maximum absolute atomic E-state index is 13.6. The third-order valence-electron chi connectivity index (χ3n) is 8.39. The molecule has 2 aromatic rings. The molecule has 3 aliphatic heterocycles. The van der Waals surface area contributed by atoms with Gasteiger partial charge >= 0.3 is 0 Å². The fraction of sp³-hybridized carbons (Fsp3) is 0.531. The average Bonchev–Trinajstić information content (AvgIpc) is 3.76. The van der Waals surface area contributed by atoms with Gasteiger partial charge in [-0.2, -0.15) is 0 Å². The van der Waals surface area contributed by atoms with Gasteiger partial charge in [0.2, 0.25) is 5.91 Å². The van der Waals surface area contributed by atoms with Gasteiger partial charge in [-0.1, -0.05) is 31.4 Å². The number of carbonyl (C=O) groups is 3. The molecule has 3 heterocycles. The Morgan fingerprint density at radius 3 is 2.57 bits per heavy atom. The second-order valence-corrected chi connectivity index (χ2v) is 12.0. The summed E-state index contributed by atoms with van der Waals surface area (Å²) in [4.78, 5) is 41.0. The molecule has 0 radical (unpaired) electrons. The van der Waals surface area contributed by atoms with Crippen LogP contribution in [-0.2, 0) is 16.1 Å². The van der Waals surface area contributed by atoms with Crippen LogP contribution in [-0.4, -0.2) is 73.7 Å². The zero-order valence-corrected chi connectivity index (χ0v) is 23.9. The molecular weight excluding hydrogens is 536 g/mol. The minimum atomic E-state index is -0.359. The number of nitrogens with zero attached hydrogens (tertiary/aromatic N) is 1. The molecule has 3 fully saturated rings. The van der Waals surface area contributed by atoms with Gasteiger partial charge in [0.25, 0.3) is 11.8 Å². The van der Waals surface area contributed by atoms with Gasteiger partial charge in [0, 0.05) is 37.3 Å². The topological polar surface area (TPSA) is 118 Å². The van der Waals surface area contributed by atoms with Crippen LogP contribution < -0.4 is 30.2 Å². The standard InChI is InChI=1S/C32H40N4O6/c37-30(34-24-4-2-1-3-5-24)18-36-16-28-29(17-36)42-25-10-8-21(9-11-25)15-33-31(38)20-41-27-13-23(32(39)35-28)12-26(14-27)40-19-22-6-7-22/h8-14,22,24,28-29H,1-7,15-20H2,(H,33,38)(H,34,37)(H,35,39)/t28-,29-/m0/s1. The lowest BCUT2D eigenvalue weighted by molar-refractivity contribution is -0.123. The number of amides is 3. The molecule has 2 atom stereocenters. The van der Waals surface area contributed by atoms with Crippen LogP contribution in [0.1, 0.15) is 60.9 Å². The maximum atomic E-state index is 13.6. The number of carbonyl (C=O) groups excluding carboxylic acids is 3. The van der Waals surface area contributed by atoms with E-state index in [0.717, 1.165) is 44.1 Å². The molecule has 3 N–H and O–H groups in total. The minimum absolute atomic E-state index is 0.00999. The lowest BCUT2D eigenvalue weighted by atomic mass is 9.95. The molecule has 0 spiro atoms. The van der Waals surface area contributed by atoms with E-state index in [1.54, 1.807) is 18.2 Å². The van der Waals surface area contributed by atoms with Crippen LogP contribution >= 0.6 is 0 Å². The molecular formula is C32H40N4O6. The first kappa shape index (κ1) is 28.3. The molecule has 10 nitrogen and oxygen atoms in total. The van der Waals surface area contributed by atoms with Gasteiger partial charge < -0.3 is 30.2 Å². The Kier molecular flexibility index (Phi) is 8.79. The van der Waals surface area contributed by atoms with Gasteiger partial charge in [0.15, 0.2) is 6.61 Å². The van der Waals surface area contributed by atoms with Crippen LogP contribution in [0.25, 0.3) is 0 Å². The first-order valence-electron chi connectivity index (χ1n) is 15.2. The Morgan fingerprint density at radius 2 is 1.79 bits per heavy atom. The van der Waals surface area contributed by atoms with Gasteiger partial charge in [-0.25, -0.2) is 0 Å². The summed E-state index contributed by atoms with van der Waals surface area (Å²) in [6.07, 6.45) is 7.54. The van der Waals surface area contributed by atoms with E-state index in [4.69, 9.17) is 14.2 Å². The van der Waals surface area contributed by atoms with Crippen LogP contribution in [0.3, 0.4) is 0 Å². The highest BCUT2D eigenvalue weighted by Gasteiger charge is 2.37. The minimum Gasteiger partial charge on any atom is -0.493 e. The van der Waals surface area contributed by atoms with Crippen molar-refractivity contribution in [2.24, 2.45) is 5.92 Å². The summed E-state index contributed by atoms with van der Waals surface area (Å²) in [5.74, 6) is 1.56. The molecule has 10 heteroatoms. The Hall–Kier alpha value is -3.79. The Labute approximate surface area is 246 Å². The fourth-order valence-electron chi connectivity index (χ4n) is 5.84. The van der Waals surface area contributed by atoms with E-state index >= 15 is 0 Å². The quantitative estimate of drug-likeness (QED) is 0.484. The zero-order valence-electron chi connectivity index (χ0n) is 23.9. The van der Waals surface area contributed by atoms with Crippen molar-refractivity contribution in [3.8, 4) is 17.2 Å². The summed E-state index contributed by atoms with van der Waals surface area (Å²) in [5.41, 5.74) is 1.30. The van der Waals surface area contributed by atoms with Crippen molar-refractivity contribution in [2.75, 3.05) is 32.8 Å². The highest BCUT2D eigenvalue weighted by molar-refractivity contribution is 5.95. The number of ether oxygens (including phenoxy) is 3. The normalized spacial score (nSPS) is 23.5. The highest BCUT2D eigenvalue weighted by atomic mass is 16.5. The summed E-state index contributed by atoms with van der Waals surface area (Å²) in [6.45, 7) is 1.99. The lowest BCUT2D eigenvalue weighted by Gasteiger charge is -2.24. The van der Waals surface area contributed by atoms with E-state index in [1.807, 2.05) is 29.2 Å². The van der Waals surface area contributed by atoms with E-state index in [2.05, 4.69) is 16.0 Å². The first-order chi connectivity index (χ1) is 20.5. The second-order valence-electron chi connectivity index (χ2n) is 12.0. The molecule has 0 unspecified atom stereocenters. The highest BCUT2D eigenvalue weighted by Crippen LogP contribution is 2.31. The molecule has 224 valence electrons. The third-order valence-corrected chi connectivity index (χ3v) is 8.39. The van der Waals surface area contributed by atoms with E-state index < -0.39 is 0 Å². The Balaban J connectivity index is 1.20. The molecule has 2 aliphatic carbocycles. The van der Waals surface area contributed by atoms with Crippen LogP contribution in [0.4, 0.5) is 0 Å². The van der Waals surface area contributed by atoms with Crippen molar-refractivity contribution < 1.29 is 28.6 Å². The Bertz CT molecular complexity index is 1270. The predicted molar refractivity (Wildman–Crippen MR) is 156 cm³/mol. The van der Waals surface area contributed by atoms with Gasteiger partial charge in [-0.3, -0.25) is 19.3 Å². The maximum Gasteiger partial charge on any atom is 0.258 e. The molecule has 7 rings (SSSR count). The lowest BCUT2D eigenvalue weighted by Crippen LogP contribution is -2.45. The summed E-state index contributed by atoms with van der Waals surface area (Å²) < 4.78 is 18.1. The van der Waals surface area contributed by atoms with Crippen molar-refractivity contribution in [1.29, 1.82) is 0 Å². The number of hydrogen-bond donors (Lipinski definition) is 3. The third kappa shape index (κ3) is 7.73. The summed E-state index contributed by atoms with van der Waals surface area (Å²) in [7, 11) is 0. The number of benzene rings is 2. The Morgan fingerprint density at radius 1 is 0.976 bits per heavy atom. The number of nitrogens with one attached hydrogen (secondary N) is 3. The van der Waals surface area contributed by atoms with Crippen molar-refractivity contribution in [3.05, 3.63) is 53.6 Å². The van der Waals surface area contributed by atoms with Gasteiger partial charge in [-0.15, -0.1) is 0 Å². The number of fused-ring (bicyclic) bond motifs is 7. The summed E-state index contributed by atoms with van der Waals surface area (Å²) in [5, 5.41) is 9.20. The largest absolute Gasteiger partial charge is 0.493 e. The molecule has 3 amide bonds. The number of rotatable bonds is 6. The second kappa shape index (κ2) is 13.0. The summed E-state index contributed by atoms with van der Waals surface area (Å²) in [6, 6.07) is 12.5. The van der Waals surface area contributed by atoms with E-state index in [-0.39, 0.29) is 49.1 Å². The van der Waals surface area contributed by atoms with E-state index in [1.165, 1.54) is 6.42 Å². The van der Waals surface area contributed by atoms with Crippen LogP contribution in [0.2, 0.25) is 0 Å². The van der Waals surface area contributed by atoms with E-state index in [9.17, 15) is 14.4 Å². The number of hydrogen-bond acceptors (Lipinski definition) is 7. The van der Waals surface area contributed by atoms with Gasteiger partial charge in [0.05, 0.1) is 19.2 Å². The summed E-state index contributed by atoms with van der Waals surface area (Å²) >= 11 is 0. The predicted octanol–water partition coefficient (Wildman–Crippen LogP) is 2.79. The van der Waals surface area contributed by atoms with Gasteiger partial charge in [-0.05, 0) is 61.4 Å². The van der Waals surface area contributed by atoms with Crippen LogP contribution in [0, 0.1) is 5.92 Å². The van der Waals surface area contributed by atoms with Crippen LogP contribution in [0.15, 0.2) is 42.5 Å². The molecule has 2 saturated carbocycles. The molecule has 0 aromatic heterocycles. The monoisotopic (exact) mass is 576 g/mol. The van der Waals surface area contributed by atoms with E-state index in [0.29, 0.717) is 55.0 Å². The van der Waals surface area contributed by atoms with Crippen molar-refractivity contribution in [3.63, 3.8) is 0 Å². The van der Waals surface area contributed by atoms with Gasteiger partial charge in [0.1, 0.15) is 23.4 Å². The fourth-order valence-corrected chi connectivity index (χ4v) is 5.84. The average molecular weight is 577 g/mol. The zero-order chi connectivity index (χ0) is 28.9. The van der Waals surface area contributed by atoms with Crippen molar-refractivity contribution in [2.45, 2.75) is 69.7 Å². The molecule has 1 saturated heterocycles. The first-order valence-corrected chi connectivity index (χ1v) is 15.2. The smallest absolute Gasteiger partial charge is 0.258 e.